The Morgan fingerprint density at radius 1 is 1.25 bits per heavy atom. The molecule has 0 atom stereocenters. The molecular weight excluding hydrogens is 296 g/mol. The first-order chi connectivity index (χ1) is 9.58. The van der Waals surface area contributed by atoms with Crippen molar-refractivity contribution in [3.63, 3.8) is 0 Å². The monoisotopic (exact) mass is 314 g/mol. The number of halogens is 1. The van der Waals surface area contributed by atoms with Crippen LogP contribution in [0, 0.1) is 0 Å². The van der Waals surface area contributed by atoms with E-state index < -0.39 is 0 Å². The van der Waals surface area contributed by atoms with Gasteiger partial charge in [-0.2, -0.15) is 0 Å². The molecule has 0 saturated heterocycles. The van der Waals surface area contributed by atoms with Crippen LogP contribution in [0.25, 0.3) is 0 Å². The van der Waals surface area contributed by atoms with Crippen molar-refractivity contribution in [1.82, 2.24) is 4.90 Å². The summed E-state index contributed by atoms with van der Waals surface area (Å²) in [5, 5.41) is 0.646. The molecule has 1 saturated carbocycles. The van der Waals surface area contributed by atoms with Crippen molar-refractivity contribution in [2.24, 2.45) is 0 Å². The van der Waals surface area contributed by atoms with E-state index in [9.17, 15) is 4.79 Å². The van der Waals surface area contributed by atoms with Gasteiger partial charge in [-0.3, -0.25) is 4.18 Å². The summed E-state index contributed by atoms with van der Waals surface area (Å²) >= 11 is 7.00. The molecule has 0 N–H and O–H groups in total. The van der Waals surface area contributed by atoms with Crippen LogP contribution in [-0.4, -0.2) is 31.1 Å². The Morgan fingerprint density at radius 2 is 1.85 bits per heavy atom. The third kappa shape index (κ3) is 4.04. The second kappa shape index (κ2) is 7.20. The molecule has 110 valence electrons. The molecule has 0 aliphatic heterocycles. The summed E-state index contributed by atoms with van der Waals surface area (Å²) in [4.78, 5) is 13.8. The predicted octanol–water partition coefficient (Wildman–Crippen LogP) is 4.35. The van der Waals surface area contributed by atoms with Crippen molar-refractivity contribution in [1.29, 1.82) is 0 Å². The van der Waals surface area contributed by atoms with Gasteiger partial charge in [-0.25, -0.2) is 9.10 Å². The normalized spacial score (nSPS) is 15.3. The van der Waals surface area contributed by atoms with E-state index >= 15 is 0 Å². The lowest BCUT2D eigenvalue weighted by atomic mass is 10.3. The standard InChI is InChI=1S/C14H19ClN2O2S/c1-16(2)14(18)17(12-9-7-11(15)8-10-12)20-19-13-5-3-4-6-13/h7-10,13H,3-6H2,1-2H3. The minimum Gasteiger partial charge on any atom is -0.330 e. The first kappa shape index (κ1) is 15.5. The fraction of sp³-hybridized carbons (Fsp3) is 0.500. The van der Waals surface area contributed by atoms with Gasteiger partial charge >= 0.3 is 6.03 Å². The number of nitrogens with zero attached hydrogens (tertiary/aromatic N) is 2. The number of amides is 2. The van der Waals surface area contributed by atoms with Gasteiger partial charge in [0.05, 0.1) is 11.8 Å². The van der Waals surface area contributed by atoms with Gasteiger partial charge in [-0.15, -0.1) is 0 Å². The summed E-state index contributed by atoms with van der Waals surface area (Å²) in [6, 6.07) is 7.03. The summed E-state index contributed by atoms with van der Waals surface area (Å²) in [5.41, 5.74) is 0.760. The van der Waals surface area contributed by atoms with Crippen LogP contribution in [0.5, 0.6) is 0 Å². The molecule has 0 spiro atoms. The van der Waals surface area contributed by atoms with E-state index in [-0.39, 0.29) is 12.1 Å². The molecule has 0 unspecified atom stereocenters. The first-order valence-electron chi connectivity index (χ1n) is 6.68. The Balaban J connectivity index is 2.07. The first-order valence-corrected chi connectivity index (χ1v) is 7.76. The molecule has 1 aromatic rings. The fourth-order valence-electron chi connectivity index (χ4n) is 2.03. The van der Waals surface area contributed by atoms with Gasteiger partial charge in [0.2, 0.25) is 0 Å². The second-order valence-electron chi connectivity index (χ2n) is 5.03. The summed E-state index contributed by atoms with van der Waals surface area (Å²) in [6.07, 6.45) is 4.78. The van der Waals surface area contributed by atoms with Crippen LogP contribution in [0.2, 0.25) is 5.02 Å². The summed E-state index contributed by atoms with van der Waals surface area (Å²) < 4.78 is 7.33. The Labute approximate surface area is 129 Å². The molecule has 1 fully saturated rings. The Hall–Kier alpha value is -0.910. The molecule has 0 radical (unpaired) electrons. The number of urea groups is 1. The van der Waals surface area contributed by atoms with Crippen molar-refractivity contribution in [2.75, 3.05) is 18.4 Å². The van der Waals surface area contributed by atoms with E-state index in [1.54, 1.807) is 30.5 Å². The van der Waals surface area contributed by atoms with Gasteiger partial charge in [0.15, 0.2) is 0 Å². The van der Waals surface area contributed by atoms with Crippen molar-refractivity contribution in [2.45, 2.75) is 31.8 Å². The quantitative estimate of drug-likeness (QED) is 0.612. The van der Waals surface area contributed by atoms with Crippen LogP contribution in [0.3, 0.4) is 0 Å². The zero-order valence-electron chi connectivity index (χ0n) is 11.7. The Morgan fingerprint density at radius 3 is 2.40 bits per heavy atom. The lowest BCUT2D eigenvalue weighted by Crippen LogP contribution is -2.35. The maximum absolute atomic E-state index is 12.3. The molecule has 4 nitrogen and oxygen atoms in total. The number of carbonyl (C=O) groups excluding carboxylic acids is 1. The van der Waals surface area contributed by atoms with Gasteiger partial charge in [0.25, 0.3) is 0 Å². The number of anilines is 1. The molecule has 0 heterocycles. The molecule has 2 amide bonds. The van der Waals surface area contributed by atoms with E-state index in [1.165, 1.54) is 17.7 Å². The SMILES string of the molecule is CN(C)C(=O)N(SOC1CCCC1)c1ccc(Cl)cc1. The number of carbonyl (C=O) groups is 1. The van der Waals surface area contributed by atoms with E-state index in [4.69, 9.17) is 15.8 Å². The van der Waals surface area contributed by atoms with E-state index in [2.05, 4.69) is 0 Å². The van der Waals surface area contributed by atoms with Crippen molar-refractivity contribution < 1.29 is 8.98 Å². The molecule has 1 aromatic carbocycles. The zero-order chi connectivity index (χ0) is 14.5. The average molecular weight is 315 g/mol. The highest BCUT2D eigenvalue weighted by Gasteiger charge is 2.23. The summed E-state index contributed by atoms with van der Waals surface area (Å²) in [6.45, 7) is 0. The zero-order valence-corrected chi connectivity index (χ0v) is 13.3. The molecule has 2 rings (SSSR count). The average Bonchev–Trinajstić information content (AvgIpc) is 2.93. The van der Waals surface area contributed by atoms with Crippen molar-refractivity contribution >= 4 is 35.5 Å². The number of rotatable bonds is 4. The number of hydrogen-bond acceptors (Lipinski definition) is 3. The number of benzene rings is 1. The maximum atomic E-state index is 12.3. The third-order valence-electron chi connectivity index (χ3n) is 3.17. The van der Waals surface area contributed by atoms with Crippen molar-refractivity contribution in [3.8, 4) is 0 Å². The van der Waals surface area contributed by atoms with Gasteiger partial charge in [0.1, 0.15) is 12.2 Å². The van der Waals surface area contributed by atoms with Gasteiger partial charge in [-0.05, 0) is 37.1 Å². The minimum absolute atomic E-state index is 0.129. The van der Waals surface area contributed by atoms with Gasteiger partial charge in [-0.1, -0.05) is 24.4 Å². The molecular formula is C14H19ClN2O2S. The molecule has 0 bridgehead atoms. The van der Waals surface area contributed by atoms with Crippen LogP contribution in [-0.2, 0) is 4.18 Å². The van der Waals surface area contributed by atoms with Gasteiger partial charge < -0.3 is 4.90 Å². The highest BCUT2D eigenvalue weighted by Crippen LogP contribution is 2.31. The van der Waals surface area contributed by atoms with Crippen LogP contribution in [0.15, 0.2) is 24.3 Å². The third-order valence-corrected chi connectivity index (χ3v) is 4.30. The minimum atomic E-state index is -0.129. The molecule has 1 aliphatic rings. The highest BCUT2D eigenvalue weighted by molar-refractivity contribution is 7.96. The maximum Gasteiger partial charge on any atom is 0.335 e. The summed E-state index contributed by atoms with van der Waals surface area (Å²) in [7, 11) is 3.45. The lowest BCUT2D eigenvalue weighted by molar-refractivity contribution is 0.224. The second-order valence-corrected chi connectivity index (χ2v) is 6.17. The number of hydrogen-bond donors (Lipinski definition) is 0. The molecule has 6 heteroatoms. The largest absolute Gasteiger partial charge is 0.335 e. The Bertz CT molecular complexity index is 447. The smallest absolute Gasteiger partial charge is 0.330 e. The predicted molar refractivity (Wildman–Crippen MR) is 83.9 cm³/mol. The van der Waals surface area contributed by atoms with Crippen LogP contribution in [0.1, 0.15) is 25.7 Å². The van der Waals surface area contributed by atoms with Crippen LogP contribution >= 0.6 is 23.8 Å². The van der Waals surface area contributed by atoms with E-state index in [0.717, 1.165) is 30.8 Å². The lowest BCUT2D eigenvalue weighted by Gasteiger charge is -2.25. The van der Waals surface area contributed by atoms with Crippen LogP contribution < -0.4 is 4.31 Å². The topological polar surface area (TPSA) is 32.8 Å². The van der Waals surface area contributed by atoms with Crippen molar-refractivity contribution in [3.05, 3.63) is 29.3 Å². The van der Waals surface area contributed by atoms with Crippen LogP contribution in [0.4, 0.5) is 10.5 Å². The molecule has 1 aliphatic carbocycles. The Kier molecular flexibility index (Phi) is 5.57. The fourth-order valence-corrected chi connectivity index (χ4v) is 2.99. The van der Waals surface area contributed by atoms with E-state index in [0.29, 0.717) is 5.02 Å². The highest BCUT2D eigenvalue weighted by atomic mass is 35.5. The molecule has 0 aromatic heterocycles. The van der Waals surface area contributed by atoms with Gasteiger partial charge in [0, 0.05) is 19.1 Å². The van der Waals surface area contributed by atoms with E-state index in [1.807, 2.05) is 12.1 Å². The summed E-state index contributed by atoms with van der Waals surface area (Å²) in [5.74, 6) is 0. The molecule has 20 heavy (non-hydrogen) atoms.